The molecule has 1 aliphatic rings. The van der Waals surface area contributed by atoms with Crippen LogP contribution in [0.25, 0.3) is 0 Å². The zero-order valence-electron chi connectivity index (χ0n) is 12.5. The SMILES string of the molecule is Cc1ccc(OCC(=O)N(CC(=O)O)CC2CC2)c(C)c1. The third-order valence-corrected chi connectivity index (χ3v) is 3.54. The molecule has 0 bridgehead atoms. The average Bonchev–Trinajstić information content (AvgIpc) is 3.20. The predicted octanol–water partition coefficient (Wildman–Crippen LogP) is 2.01. The predicted molar refractivity (Wildman–Crippen MR) is 78.4 cm³/mol. The van der Waals surface area contributed by atoms with Crippen molar-refractivity contribution in [3.05, 3.63) is 29.3 Å². The fourth-order valence-electron chi connectivity index (χ4n) is 2.22. The summed E-state index contributed by atoms with van der Waals surface area (Å²) in [4.78, 5) is 24.4. The number of carboxylic acids is 1. The molecule has 1 N–H and O–H groups in total. The van der Waals surface area contributed by atoms with Gasteiger partial charge in [-0.1, -0.05) is 17.7 Å². The highest BCUT2D eigenvalue weighted by molar-refractivity contribution is 5.82. The number of ether oxygens (including phenoxy) is 1. The van der Waals surface area contributed by atoms with Crippen molar-refractivity contribution in [1.82, 2.24) is 4.90 Å². The Kier molecular flexibility index (Phi) is 4.83. The molecule has 1 aromatic rings. The molecule has 0 atom stereocenters. The molecule has 0 aliphatic heterocycles. The number of aliphatic carboxylic acids is 1. The Morgan fingerprint density at radius 2 is 2.05 bits per heavy atom. The van der Waals surface area contributed by atoms with Gasteiger partial charge in [-0.25, -0.2) is 0 Å². The van der Waals surface area contributed by atoms with Gasteiger partial charge in [-0.05, 0) is 44.2 Å². The Hall–Kier alpha value is -2.04. The molecule has 21 heavy (non-hydrogen) atoms. The summed E-state index contributed by atoms with van der Waals surface area (Å²) in [7, 11) is 0. The zero-order chi connectivity index (χ0) is 15.4. The second kappa shape index (κ2) is 6.61. The molecule has 0 unspecified atom stereocenters. The highest BCUT2D eigenvalue weighted by Crippen LogP contribution is 2.29. The minimum absolute atomic E-state index is 0.121. The number of hydrogen-bond acceptors (Lipinski definition) is 3. The van der Waals surface area contributed by atoms with Crippen LogP contribution in [0.15, 0.2) is 18.2 Å². The van der Waals surface area contributed by atoms with Crippen molar-refractivity contribution in [3.8, 4) is 5.75 Å². The van der Waals surface area contributed by atoms with Crippen LogP contribution in [0.1, 0.15) is 24.0 Å². The van der Waals surface area contributed by atoms with Crippen LogP contribution in [-0.4, -0.2) is 41.6 Å². The van der Waals surface area contributed by atoms with Crippen LogP contribution in [0.4, 0.5) is 0 Å². The first-order valence-corrected chi connectivity index (χ1v) is 7.15. The summed E-state index contributed by atoms with van der Waals surface area (Å²) < 4.78 is 5.53. The topological polar surface area (TPSA) is 66.8 Å². The molecule has 0 spiro atoms. The van der Waals surface area contributed by atoms with E-state index in [4.69, 9.17) is 9.84 Å². The van der Waals surface area contributed by atoms with Crippen LogP contribution in [0, 0.1) is 19.8 Å². The Morgan fingerprint density at radius 1 is 1.33 bits per heavy atom. The minimum atomic E-state index is -0.990. The van der Waals surface area contributed by atoms with E-state index in [-0.39, 0.29) is 19.1 Å². The number of carboxylic acid groups (broad SMARTS) is 1. The number of aryl methyl sites for hydroxylation is 2. The number of benzene rings is 1. The van der Waals surface area contributed by atoms with Crippen LogP contribution >= 0.6 is 0 Å². The van der Waals surface area contributed by atoms with E-state index < -0.39 is 5.97 Å². The van der Waals surface area contributed by atoms with Crippen LogP contribution in [0.3, 0.4) is 0 Å². The van der Waals surface area contributed by atoms with E-state index in [0.717, 1.165) is 24.0 Å². The van der Waals surface area contributed by atoms with Crippen LogP contribution in [0.5, 0.6) is 5.75 Å². The molecule has 1 amide bonds. The quantitative estimate of drug-likeness (QED) is 0.834. The van der Waals surface area contributed by atoms with Gasteiger partial charge in [0.25, 0.3) is 5.91 Å². The minimum Gasteiger partial charge on any atom is -0.484 e. The van der Waals surface area contributed by atoms with Crippen molar-refractivity contribution in [3.63, 3.8) is 0 Å². The maximum absolute atomic E-state index is 12.1. The van der Waals surface area contributed by atoms with Crippen LogP contribution in [0.2, 0.25) is 0 Å². The molecule has 0 saturated heterocycles. The third-order valence-electron chi connectivity index (χ3n) is 3.54. The standard InChI is InChI=1S/C16H21NO4/c1-11-3-6-14(12(2)7-11)21-10-15(18)17(9-16(19)20)8-13-4-5-13/h3,6-7,13H,4-5,8-10H2,1-2H3,(H,19,20). The van der Waals surface area contributed by atoms with Gasteiger partial charge in [0.1, 0.15) is 12.3 Å². The van der Waals surface area contributed by atoms with Crippen molar-refractivity contribution in [2.75, 3.05) is 19.7 Å². The molecule has 1 aliphatic carbocycles. The lowest BCUT2D eigenvalue weighted by Gasteiger charge is -2.21. The summed E-state index contributed by atoms with van der Waals surface area (Å²) in [5, 5.41) is 8.89. The number of carbonyl (C=O) groups excluding carboxylic acids is 1. The van der Waals surface area contributed by atoms with Gasteiger partial charge in [0.15, 0.2) is 6.61 Å². The van der Waals surface area contributed by atoms with Gasteiger partial charge in [-0.2, -0.15) is 0 Å². The van der Waals surface area contributed by atoms with Gasteiger partial charge in [0, 0.05) is 6.54 Å². The zero-order valence-corrected chi connectivity index (χ0v) is 12.5. The van der Waals surface area contributed by atoms with Crippen molar-refractivity contribution in [2.24, 2.45) is 5.92 Å². The monoisotopic (exact) mass is 291 g/mol. The van der Waals surface area contributed by atoms with Crippen molar-refractivity contribution in [2.45, 2.75) is 26.7 Å². The molecular weight excluding hydrogens is 270 g/mol. The second-order valence-corrected chi connectivity index (χ2v) is 5.67. The molecule has 5 nitrogen and oxygen atoms in total. The Morgan fingerprint density at radius 3 is 2.62 bits per heavy atom. The van der Waals surface area contributed by atoms with E-state index >= 15 is 0 Å². The summed E-state index contributed by atoms with van der Waals surface area (Å²) in [6, 6.07) is 5.74. The molecule has 114 valence electrons. The normalized spacial score (nSPS) is 13.8. The van der Waals surface area contributed by atoms with E-state index in [1.165, 1.54) is 4.90 Å². The highest BCUT2D eigenvalue weighted by Gasteiger charge is 2.28. The van der Waals surface area contributed by atoms with Gasteiger partial charge in [-0.3, -0.25) is 9.59 Å². The molecule has 2 rings (SSSR count). The first-order valence-electron chi connectivity index (χ1n) is 7.15. The number of carbonyl (C=O) groups is 2. The number of amides is 1. The Balaban J connectivity index is 1.92. The summed E-state index contributed by atoms with van der Waals surface area (Å²) in [5.74, 6) is -0.148. The fourth-order valence-corrected chi connectivity index (χ4v) is 2.22. The number of rotatable bonds is 7. The first-order chi connectivity index (χ1) is 9.95. The molecule has 0 heterocycles. The Labute approximate surface area is 124 Å². The molecule has 0 aromatic heterocycles. The molecule has 1 aromatic carbocycles. The van der Waals surface area contributed by atoms with E-state index in [2.05, 4.69) is 0 Å². The summed E-state index contributed by atoms with van der Waals surface area (Å²) >= 11 is 0. The Bertz CT molecular complexity index is 537. The van der Waals surface area contributed by atoms with Gasteiger partial charge < -0.3 is 14.7 Å². The van der Waals surface area contributed by atoms with E-state index in [9.17, 15) is 9.59 Å². The molecular formula is C16H21NO4. The smallest absolute Gasteiger partial charge is 0.323 e. The average molecular weight is 291 g/mol. The molecule has 1 saturated carbocycles. The summed E-state index contributed by atoms with van der Waals surface area (Å²) in [6.07, 6.45) is 2.14. The van der Waals surface area contributed by atoms with Crippen molar-refractivity contribution in [1.29, 1.82) is 0 Å². The summed E-state index contributed by atoms with van der Waals surface area (Å²) in [6.45, 7) is 4.05. The molecule has 1 fully saturated rings. The lowest BCUT2D eigenvalue weighted by atomic mass is 10.1. The first kappa shape index (κ1) is 15.4. The van der Waals surface area contributed by atoms with E-state index in [1.54, 1.807) is 0 Å². The van der Waals surface area contributed by atoms with Gasteiger partial charge in [0.05, 0.1) is 0 Å². The highest BCUT2D eigenvalue weighted by atomic mass is 16.5. The van der Waals surface area contributed by atoms with E-state index in [0.29, 0.717) is 18.2 Å². The maximum atomic E-state index is 12.1. The largest absolute Gasteiger partial charge is 0.484 e. The van der Waals surface area contributed by atoms with Gasteiger partial charge >= 0.3 is 5.97 Å². The second-order valence-electron chi connectivity index (χ2n) is 5.67. The fraction of sp³-hybridized carbons (Fsp3) is 0.500. The number of hydrogen-bond donors (Lipinski definition) is 1. The summed E-state index contributed by atoms with van der Waals surface area (Å²) in [5.41, 5.74) is 2.10. The maximum Gasteiger partial charge on any atom is 0.323 e. The van der Waals surface area contributed by atoms with E-state index in [1.807, 2.05) is 32.0 Å². The van der Waals surface area contributed by atoms with Crippen molar-refractivity contribution < 1.29 is 19.4 Å². The molecule has 5 heteroatoms. The third kappa shape index (κ3) is 4.77. The van der Waals surface area contributed by atoms with Gasteiger partial charge in [0.2, 0.25) is 0 Å². The lowest BCUT2D eigenvalue weighted by molar-refractivity contribution is -0.145. The van der Waals surface area contributed by atoms with Crippen LogP contribution < -0.4 is 4.74 Å². The lowest BCUT2D eigenvalue weighted by Crippen LogP contribution is -2.40. The van der Waals surface area contributed by atoms with Gasteiger partial charge in [-0.15, -0.1) is 0 Å². The van der Waals surface area contributed by atoms with Crippen molar-refractivity contribution >= 4 is 11.9 Å². The number of nitrogens with zero attached hydrogens (tertiary/aromatic N) is 1. The molecule has 0 radical (unpaired) electrons. The van der Waals surface area contributed by atoms with Crippen LogP contribution in [-0.2, 0) is 9.59 Å².